The van der Waals surface area contributed by atoms with E-state index in [-0.39, 0.29) is 0 Å². The molecule has 1 aliphatic rings. The van der Waals surface area contributed by atoms with E-state index in [1.165, 1.54) is 24.8 Å². The van der Waals surface area contributed by atoms with Crippen LogP contribution in [0, 0.1) is 5.92 Å². The molecule has 0 radical (unpaired) electrons. The Balaban J connectivity index is 1.70. The Labute approximate surface area is 165 Å². The molecule has 1 fully saturated rings. The number of pyridine rings is 1. The summed E-state index contributed by atoms with van der Waals surface area (Å²) >= 11 is 0. The fourth-order valence-corrected chi connectivity index (χ4v) is 3.29. The third kappa shape index (κ3) is 7.75. The van der Waals surface area contributed by atoms with Gasteiger partial charge in [0.15, 0.2) is 5.96 Å². The minimum Gasteiger partial charge on any atom is -0.356 e. The van der Waals surface area contributed by atoms with Crippen LogP contribution in [0.15, 0.2) is 23.3 Å². The molecule has 1 aromatic rings. The normalized spacial score (nSPS) is 16.0. The van der Waals surface area contributed by atoms with Crippen LogP contribution in [-0.4, -0.2) is 62.2 Å². The maximum absolute atomic E-state index is 4.67. The number of rotatable bonds is 9. The van der Waals surface area contributed by atoms with E-state index in [0.717, 1.165) is 63.5 Å². The van der Waals surface area contributed by atoms with Crippen molar-refractivity contribution in [2.24, 2.45) is 10.9 Å². The lowest BCUT2D eigenvalue weighted by Crippen LogP contribution is -2.46. The van der Waals surface area contributed by atoms with Crippen molar-refractivity contribution in [2.45, 2.75) is 46.6 Å². The minimum atomic E-state index is 0.739. The Morgan fingerprint density at radius 3 is 2.52 bits per heavy atom. The van der Waals surface area contributed by atoms with E-state index < -0.39 is 0 Å². The number of likely N-dealkylation sites (N-methyl/N-ethyl adjacent to an activating group) is 1. The molecule has 1 aromatic heterocycles. The molecule has 0 aliphatic carbocycles. The number of piperazine rings is 1. The molecular formula is C21H38N6. The first kappa shape index (κ1) is 21.5. The lowest BCUT2D eigenvalue weighted by Gasteiger charge is -2.34. The smallest absolute Gasteiger partial charge is 0.191 e. The number of hydrogen-bond donors (Lipinski definition) is 2. The van der Waals surface area contributed by atoms with Crippen molar-refractivity contribution < 1.29 is 0 Å². The fourth-order valence-electron chi connectivity index (χ4n) is 3.29. The van der Waals surface area contributed by atoms with Gasteiger partial charge in [-0.05, 0) is 30.5 Å². The summed E-state index contributed by atoms with van der Waals surface area (Å²) in [6, 6.07) is 4.30. The molecule has 0 saturated carbocycles. The Morgan fingerprint density at radius 2 is 1.93 bits per heavy atom. The maximum Gasteiger partial charge on any atom is 0.191 e. The molecule has 6 nitrogen and oxygen atoms in total. The topological polar surface area (TPSA) is 55.8 Å². The van der Waals surface area contributed by atoms with Crippen molar-refractivity contribution in [2.75, 3.05) is 51.2 Å². The van der Waals surface area contributed by atoms with Gasteiger partial charge in [0, 0.05) is 52.5 Å². The lowest BCUT2D eigenvalue weighted by molar-refractivity contribution is 0.270. The molecule has 2 heterocycles. The Kier molecular flexibility index (Phi) is 9.39. The predicted octanol–water partition coefficient (Wildman–Crippen LogP) is 2.71. The molecule has 27 heavy (non-hydrogen) atoms. The SMILES string of the molecule is CCN1CCN(c2ccc(CNC(=NC)NCCCCC(C)C)cn2)CC1. The van der Waals surface area contributed by atoms with Crippen LogP contribution in [0.3, 0.4) is 0 Å². The number of anilines is 1. The average molecular weight is 375 g/mol. The second kappa shape index (κ2) is 11.8. The predicted molar refractivity (Wildman–Crippen MR) is 115 cm³/mol. The van der Waals surface area contributed by atoms with Crippen LogP contribution in [0.5, 0.6) is 0 Å². The number of hydrogen-bond acceptors (Lipinski definition) is 4. The molecule has 0 aromatic carbocycles. The summed E-state index contributed by atoms with van der Waals surface area (Å²) in [4.78, 5) is 13.8. The zero-order valence-electron chi connectivity index (χ0n) is 17.7. The van der Waals surface area contributed by atoms with Crippen molar-refractivity contribution in [1.29, 1.82) is 0 Å². The largest absolute Gasteiger partial charge is 0.356 e. The molecule has 1 aliphatic heterocycles. The summed E-state index contributed by atoms with van der Waals surface area (Å²) in [6.45, 7) is 14.0. The van der Waals surface area contributed by atoms with Gasteiger partial charge in [0.25, 0.3) is 0 Å². The van der Waals surface area contributed by atoms with Gasteiger partial charge in [0.2, 0.25) is 0 Å². The van der Waals surface area contributed by atoms with E-state index in [0.29, 0.717) is 0 Å². The average Bonchev–Trinajstić information content (AvgIpc) is 2.70. The summed E-state index contributed by atoms with van der Waals surface area (Å²) < 4.78 is 0. The second-order valence-electron chi connectivity index (χ2n) is 7.69. The van der Waals surface area contributed by atoms with Gasteiger partial charge in [-0.15, -0.1) is 0 Å². The second-order valence-corrected chi connectivity index (χ2v) is 7.69. The maximum atomic E-state index is 4.67. The van der Waals surface area contributed by atoms with Crippen molar-refractivity contribution in [3.8, 4) is 0 Å². The quantitative estimate of drug-likeness (QED) is 0.395. The number of nitrogens with zero attached hydrogens (tertiary/aromatic N) is 4. The Bertz CT molecular complexity index is 546. The standard InChI is InChI=1S/C21H38N6/c1-5-26-12-14-27(15-13-26)20-10-9-19(16-24-20)17-25-21(22-4)23-11-7-6-8-18(2)3/h9-10,16,18H,5-8,11-15,17H2,1-4H3,(H2,22,23,25). The molecular weight excluding hydrogens is 336 g/mol. The molecule has 0 bridgehead atoms. The Morgan fingerprint density at radius 1 is 1.15 bits per heavy atom. The lowest BCUT2D eigenvalue weighted by atomic mass is 10.1. The van der Waals surface area contributed by atoms with Gasteiger partial charge >= 0.3 is 0 Å². The zero-order valence-corrected chi connectivity index (χ0v) is 17.7. The minimum absolute atomic E-state index is 0.739. The van der Waals surface area contributed by atoms with E-state index in [2.05, 4.69) is 63.3 Å². The Hall–Kier alpha value is -1.82. The number of aromatic nitrogens is 1. The summed E-state index contributed by atoms with van der Waals surface area (Å²) in [5.74, 6) is 2.73. The molecule has 0 atom stereocenters. The first-order valence-electron chi connectivity index (χ1n) is 10.5. The summed E-state index contributed by atoms with van der Waals surface area (Å²) in [6.07, 6.45) is 5.71. The van der Waals surface area contributed by atoms with Crippen LogP contribution in [0.1, 0.15) is 45.6 Å². The van der Waals surface area contributed by atoms with Crippen LogP contribution < -0.4 is 15.5 Å². The molecule has 2 N–H and O–H groups in total. The number of guanidine groups is 1. The van der Waals surface area contributed by atoms with Crippen molar-refractivity contribution >= 4 is 11.8 Å². The summed E-state index contributed by atoms with van der Waals surface area (Å²) in [5, 5.41) is 6.77. The van der Waals surface area contributed by atoms with Gasteiger partial charge in [-0.3, -0.25) is 4.99 Å². The molecule has 6 heteroatoms. The number of nitrogens with one attached hydrogen (secondary N) is 2. The van der Waals surface area contributed by atoms with Gasteiger partial charge in [-0.2, -0.15) is 0 Å². The van der Waals surface area contributed by atoms with E-state index in [1.54, 1.807) is 0 Å². The van der Waals surface area contributed by atoms with Crippen LogP contribution in [0.25, 0.3) is 0 Å². The number of unbranched alkanes of at least 4 members (excludes halogenated alkanes) is 1. The first-order valence-corrected chi connectivity index (χ1v) is 10.5. The number of aliphatic imine (C=N–C) groups is 1. The summed E-state index contributed by atoms with van der Waals surface area (Å²) in [5.41, 5.74) is 1.17. The van der Waals surface area contributed by atoms with Crippen molar-refractivity contribution in [1.82, 2.24) is 20.5 Å². The van der Waals surface area contributed by atoms with E-state index in [1.807, 2.05) is 13.2 Å². The van der Waals surface area contributed by atoms with Gasteiger partial charge in [-0.25, -0.2) is 4.98 Å². The van der Waals surface area contributed by atoms with Gasteiger partial charge in [-0.1, -0.05) is 39.7 Å². The molecule has 0 unspecified atom stereocenters. The first-order chi connectivity index (χ1) is 13.1. The van der Waals surface area contributed by atoms with E-state index in [9.17, 15) is 0 Å². The van der Waals surface area contributed by atoms with E-state index >= 15 is 0 Å². The molecule has 152 valence electrons. The molecule has 2 rings (SSSR count). The van der Waals surface area contributed by atoms with Crippen LogP contribution in [0.4, 0.5) is 5.82 Å². The van der Waals surface area contributed by atoms with Crippen LogP contribution in [-0.2, 0) is 6.54 Å². The van der Waals surface area contributed by atoms with Gasteiger partial charge in [0.1, 0.15) is 5.82 Å². The zero-order chi connectivity index (χ0) is 19.5. The van der Waals surface area contributed by atoms with E-state index in [4.69, 9.17) is 0 Å². The summed E-state index contributed by atoms with van der Waals surface area (Å²) in [7, 11) is 1.82. The third-order valence-corrected chi connectivity index (χ3v) is 5.14. The molecule has 0 amide bonds. The monoisotopic (exact) mass is 374 g/mol. The van der Waals surface area contributed by atoms with Crippen LogP contribution >= 0.6 is 0 Å². The highest BCUT2D eigenvalue weighted by molar-refractivity contribution is 5.79. The van der Waals surface area contributed by atoms with Crippen molar-refractivity contribution in [3.63, 3.8) is 0 Å². The molecule has 1 saturated heterocycles. The molecule has 0 spiro atoms. The highest BCUT2D eigenvalue weighted by atomic mass is 15.3. The highest BCUT2D eigenvalue weighted by Gasteiger charge is 2.16. The van der Waals surface area contributed by atoms with Crippen molar-refractivity contribution in [3.05, 3.63) is 23.9 Å². The van der Waals surface area contributed by atoms with Crippen LogP contribution in [0.2, 0.25) is 0 Å². The fraction of sp³-hybridized carbons (Fsp3) is 0.714. The van der Waals surface area contributed by atoms with Gasteiger partial charge < -0.3 is 20.4 Å². The van der Waals surface area contributed by atoms with Gasteiger partial charge in [0.05, 0.1) is 0 Å². The highest BCUT2D eigenvalue weighted by Crippen LogP contribution is 2.14. The third-order valence-electron chi connectivity index (χ3n) is 5.14.